The minimum absolute atomic E-state index is 0.114. The van der Waals surface area contributed by atoms with Crippen LogP contribution < -0.4 is 0 Å². The molecular weight excluding hydrogens is 198 g/mol. The summed E-state index contributed by atoms with van der Waals surface area (Å²) in [6.07, 6.45) is 1.04. The lowest BCUT2D eigenvalue weighted by molar-refractivity contribution is -0.135. The van der Waals surface area contributed by atoms with Crippen LogP contribution in [-0.4, -0.2) is 27.1 Å². The van der Waals surface area contributed by atoms with Crippen molar-refractivity contribution in [2.45, 2.75) is 6.42 Å². The largest absolute Gasteiger partial charge is 0.481 e. The minimum atomic E-state index is -1.14. The van der Waals surface area contributed by atoms with E-state index in [4.69, 9.17) is 10.2 Å². The smallest absolute Gasteiger partial charge is 0.354 e. The molecule has 15 heavy (non-hydrogen) atoms. The lowest BCUT2D eigenvalue weighted by Gasteiger charge is -1.93. The third-order valence-electron chi connectivity index (χ3n) is 1.45. The topological polar surface area (TPSA) is 87.5 Å². The Morgan fingerprint density at radius 2 is 2.13 bits per heavy atom. The molecule has 0 unspecified atom stereocenters. The number of carboxylic acids is 2. The van der Waals surface area contributed by atoms with Crippen LogP contribution >= 0.6 is 0 Å². The van der Waals surface area contributed by atoms with Gasteiger partial charge in [-0.2, -0.15) is 0 Å². The number of hydrogen-bond acceptors (Lipinski definition) is 3. The fraction of sp³-hybridized carbons (Fsp3) is 0.100. The summed E-state index contributed by atoms with van der Waals surface area (Å²) in [4.78, 5) is 24.3. The molecule has 1 aromatic rings. The molecule has 5 heteroatoms. The lowest BCUT2D eigenvalue weighted by atomic mass is 10.2. The SMILES string of the molecule is O=C(O)CC#Cc1ccnc(C(=O)O)c1. The van der Waals surface area contributed by atoms with Gasteiger partial charge in [-0.3, -0.25) is 4.79 Å². The van der Waals surface area contributed by atoms with Crippen LogP contribution in [0.2, 0.25) is 0 Å². The molecule has 0 spiro atoms. The van der Waals surface area contributed by atoms with Crippen molar-refractivity contribution in [3.8, 4) is 11.8 Å². The highest BCUT2D eigenvalue weighted by Crippen LogP contribution is 2.00. The predicted octanol–water partition coefficient (Wildman–Crippen LogP) is 0.606. The first-order valence-electron chi connectivity index (χ1n) is 3.99. The molecule has 0 bridgehead atoms. The quantitative estimate of drug-likeness (QED) is 0.690. The van der Waals surface area contributed by atoms with E-state index in [0.717, 1.165) is 0 Å². The van der Waals surface area contributed by atoms with E-state index in [0.29, 0.717) is 5.56 Å². The summed E-state index contributed by atoms with van der Waals surface area (Å²) in [5.74, 6) is 2.77. The van der Waals surface area contributed by atoms with Crippen LogP contribution in [0.1, 0.15) is 22.5 Å². The van der Waals surface area contributed by atoms with Gasteiger partial charge >= 0.3 is 11.9 Å². The molecule has 0 amide bonds. The Kier molecular flexibility index (Phi) is 3.41. The second-order valence-electron chi connectivity index (χ2n) is 2.61. The van der Waals surface area contributed by atoms with Crippen molar-refractivity contribution in [2.24, 2.45) is 0 Å². The lowest BCUT2D eigenvalue weighted by Crippen LogP contribution is -1.99. The summed E-state index contributed by atoms with van der Waals surface area (Å²) in [5, 5.41) is 16.9. The summed E-state index contributed by atoms with van der Waals surface area (Å²) in [6, 6.07) is 2.80. The summed E-state index contributed by atoms with van der Waals surface area (Å²) < 4.78 is 0. The summed E-state index contributed by atoms with van der Waals surface area (Å²) in [6.45, 7) is 0. The molecule has 76 valence electrons. The molecule has 0 aromatic carbocycles. The maximum absolute atomic E-state index is 10.5. The molecule has 0 aliphatic rings. The van der Waals surface area contributed by atoms with Crippen molar-refractivity contribution in [1.29, 1.82) is 0 Å². The second kappa shape index (κ2) is 4.77. The Labute approximate surface area is 85.4 Å². The van der Waals surface area contributed by atoms with Crippen molar-refractivity contribution in [3.05, 3.63) is 29.6 Å². The zero-order valence-corrected chi connectivity index (χ0v) is 7.60. The maximum Gasteiger partial charge on any atom is 0.354 e. The predicted molar refractivity (Wildman–Crippen MR) is 50.3 cm³/mol. The van der Waals surface area contributed by atoms with E-state index < -0.39 is 11.9 Å². The van der Waals surface area contributed by atoms with Crippen molar-refractivity contribution in [1.82, 2.24) is 4.98 Å². The number of nitrogens with zero attached hydrogens (tertiary/aromatic N) is 1. The van der Waals surface area contributed by atoms with Gasteiger partial charge in [0.1, 0.15) is 12.1 Å². The van der Waals surface area contributed by atoms with Gasteiger partial charge < -0.3 is 10.2 Å². The molecule has 2 N–H and O–H groups in total. The van der Waals surface area contributed by atoms with Crippen LogP contribution in [0.25, 0.3) is 0 Å². The van der Waals surface area contributed by atoms with E-state index in [2.05, 4.69) is 16.8 Å². The highest BCUT2D eigenvalue weighted by molar-refractivity contribution is 5.85. The normalized spacial score (nSPS) is 8.80. The van der Waals surface area contributed by atoms with Gasteiger partial charge in [0.15, 0.2) is 0 Å². The van der Waals surface area contributed by atoms with Gasteiger partial charge in [-0.05, 0) is 12.1 Å². The van der Waals surface area contributed by atoms with Crippen molar-refractivity contribution < 1.29 is 19.8 Å². The Morgan fingerprint density at radius 1 is 1.40 bits per heavy atom. The Hall–Kier alpha value is -2.35. The molecule has 0 aliphatic carbocycles. The molecule has 0 atom stereocenters. The van der Waals surface area contributed by atoms with Crippen LogP contribution in [0, 0.1) is 11.8 Å². The molecule has 0 fully saturated rings. The number of rotatable bonds is 2. The van der Waals surface area contributed by atoms with Gasteiger partial charge in [0, 0.05) is 11.8 Å². The van der Waals surface area contributed by atoms with Crippen molar-refractivity contribution >= 4 is 11.9 Å². The minimum Gasteiger partial charge on any atom is -0.481 e. The van der Waals surface area contributed by atoms with Crippen LogP contribution in [0.3, 0.4) is 0 Å². The van der Waals surface area contributed by atoms with E-state index in [9.17, 15) is 9.59 Å². The Balaban J connectivity index is 2.85. The van der Waals surface area contributed by atoms with E-state index >= 15 is 0 Å². The number of aromatic carboxylic acids is 1. The zero-order chi connectivity index (χ0) is 11.3. The standard InChI is InChI=1S/C10H7NO4/c12-9(13)3-1-2-7-4-5-11-8(6-7)10(14)15/h4-6H,3H2,(H,12,13)(H,14,15). The molecule has 0 saturated carbocycles. The highest BCUT2D eigenvalue weighted by Gasteiger charge is 2.03. The van der Waals surface area contributed by atoms with Gasteiger partial charge in [-0.25, -0.2) is 9.78 Å². The second-order valence-corrected chi connectivity index (χ2v) is 2.61. The Bertz CT molecular complexity index is 456. The number of hydrogen-bond donors (Lipinski definition) is 2. The van der Waals surface area contributed by atoms with Crippen molar-refractivity contribution in [3.63, 3.8) is 0 Å². The Morgan fingerprint density at radius 3 is 2.73 bits per heavy atom. The average molecular weight is 205 g/mol. The van der Waals surface area contributed by atoms with Gasteiger partial charge in [-0.15, -0.1) is 0 Å². The third-order valence-corrected chi connectivity index (χ3v) is 1.45. The monoisotopic (exact) mass is 205 g/mol. The molecule has 1 heterocycles. The molecule has 0 aliphatic heterocycles. The van der Waals surface area contributed by atoms with E-state index in [1.54, 1.807) is 0 Å². The number of aromatic nitrogens is 1. The molecule has 0 radical (unpaired) electrons. The van der Waals surface area contributed by atoms with E-state index in [-0.39, 0.29) is 12.1 Å². The van der Waals surface area contributed by atoms with Gasteiger partial charge in [-0.1, -0.05) is 11.8 Å². The number of pyridine rings is 1. The summed E-state index contributed by atoms with van der Waals surface area (Å²) in [7, 11) is 0. The maximum atomic E-state index is 10.5. The van der Waals surface area contributed by atoms with Crippen LogP contribution in [0.4, 0.5) is 0 Å². The fourth-order valence-corrected chi connectivity index (χ4v) is 0.847. The molecule has 5 nitrogen and oxygen atoms in total. The first kappa shape index (κ1) is 10.7. The summed E-state index contributed by atoms with van der Waals surface area (Å²) in [5.41, 5.74) is 0.320. The number of aliphatic carboxylic acids is 1. The van der Waals surface area contributed by atoms with E-state index in [1.165, 1.54) is 18.3 Å². The summed E-state index contributed by atoms with van der Waals surface area (Å²) >= 11 is 0. The number of carbonyl (C=O) groups is 2. The highest BCUT2D eigenvalue weighted by atomic mass is 16.4. The van der Waals surface area contributed by atoms with Crippen LogP contribution in [0.15, 0.2) is 18.3 Å². The number of carboxylic acid groups (broad SMARTS) is 2. The van der Waals surface area contributed by atoms with Crippen molar-refractivity contribution in [2.75, 3.05) is 0 Å². The third kappa shape index (κ3) is 3.48. The van der Waals surface area contributed by atoms with Gasteiger partial charge in [0.05, 0.1) is 0 Å². The average Bonchev–Trinajstić information content (AvgIpc) is 2.17. The van der Waals surface area contributed by atoms with Crippen LogP contribution in [-0.2, 0) is 4.79 Å². The zero-order valence-electron chi connectivity index (χ0n) is 7.60. The molecule has 1 aromatic heterocycles. The van der Waals surface area contributed by atoms with Crippen LogP contribution in [0.5, 0.6) is 0 Å². The molecule has 0 saturated heterocycles. The molecule has 1 rings (SSSR count). The molecular formula is C10H7NO4. The first-order chi connectivity index (χ1) is 7.09. The first-order valence-corrected chi connectivity index (χ1v) is 3.99. The van der Waals surface area contributed by atoms with Gasteiger partial charge in [0.2, 0.25) is 0 Å². The fourth-order valence-electron chi connectivity index (χ4n) is 0.847. The van der Waals surface area contributed by atoms with Gasteiger partial charge in [0.25, 0.3) is 0 Å². The van der Waals surface area contributed by atoms with E-state index in [1.807, 2.05) is 0 Å².